The lowest BCUT2D eigenvalue weighted by Gasteiger charge is -2.32. The predicted octanol–water partition coefficient (Wildman–Crippen LogP) is 4.37. The van der Waals surface area contributed by atoms with E-state index in [4.69, 9.17) is 4.74 Å². The van der Waals surface area contributed by atoms with Gasteiger partial charge < -0.3 is 4.74 Å². The van der Waals surface area contributed by atoms with Gasteiger partial charge in [0.15, 0.2) is 0 Å². The van der Waals surface area contributed by atoms with Crippen LogP contribution in [0.1, 0.15) is 35.2 Å². The number of nitrogens with zero attached hydrogens (tertiary/aromatic N) is 2. The molecule has 0 aromatic heterocycles. The second kappa shape index (κ2) is 11.6. The molecule has 2 N–H and O–H groups in total. The third-order valence-corrected chi connectivity index (χ3v) is 8.37. The number of thioether (sulfide) groups is 1. The smallest absolute Gasteiger partial charge is 0.416 e. The summed E-state index contributed by atoms with van der Waals surface area (Å²) in [5.74, 6) is -0.593. The van der Waals surface area contributed by atoms with Gasteiger partial charge in [-0.3, -0.25) is 15.0 Å². The normalized spacial score (nSPS) is 18.1. The van der Waals surface area contributed by atoms with Gasteiger partial charge in [0.25, 0.3) is 5.91 Å². The number of benzene rings is 1. The van der Waals surface area contributed by atoms with Gasteiger partial charge in [-0.25, -0.2) is 13.9 Å². The summed E-state index contributed by atoms with van der Waals surface area (Å²) in [5.41, 5.74) is 2.61. The van der Waals surface area contributed by atoms with Crippen LogP contribution in [-0.2, 0) is 14.8 Å². The molecule has 0 spiro atoms. The van der Waals surface area contributed by atoms with E-state index in [9.17, 15) is 31.6 Å². The van der Waals surface area contributed by atoms with Crippen LogP contribution in [0.25, 0.3) is 0 Å². The summed E-state index contributed by atoms with van der Waals surface area (Å²) in [6, 6.07) is 3.01. The molecule has 1 aliphatic carbocycles. The van der Waals surface area contributed by atoms with E-state index in [2.05, 4.69) is 4.99 Å². The third kappa shape index (κ3) is 6.58. The SMILES string of the molecule is CN=CSc1cc(C)cc(S(=O)(=O)N2CCC(OC3=CC=C(C(F)(F)F)C=CC3)CC2)c1C(=O)NO. The average molecular weight is 546 g/mol. The molecule has 13 heteroatoms. The Morgan fingerprint density at radius 3 is 2.58 bits per heavy atom. The number of hydrogen-bond acceptors (Lipinski definition) is 7. The van der Waals surface area contributed by atoms with Crippen LogP contribution in [0.3, 0.4) is 0 Å². The number of halogens is 3. The number of nitrogens with one attached hydrogen (secondary N) is 1. The lowest BCUT2D eigenvalue weighted by molar-refractivity contribution is -0.0881. The number of piperidine rings is 1. The van der Waals surface area contributed by atoms with E-state index in [1.165, 1.54) is 40.6 Å². The summed E-state index contributed by atoms with van der Waals surface area (Å²) in [4.78, 5) is 16.4. The van der Waals surface area contributed by atoms with Crippen molar-refractivity contribution in [2.75, 3.05) is 20.1 Å². The molecule has 1 aliphatic heterocycles. The molecule has 1 amide bonds. The summed E-state index contributed by atoms with van der Waals surface area (Å²) in [7, 11) is -2.58. The number of alkyl halides is 3. The molecule has 1 aromatic rings. The van der Waals surface area contributed by atoms with E-state index in [1.54, 1.807) is 13.0 Å². The number of ether oxygens (including phenoxy) is 1. The molecule has 36 heavy (non-hydrogen) atoms. The first kappa shape index (κ1) is 28.0. The maximum absolute atomic E-state index is 13.5. The van der Waals surface area contributed by atoms with Gasteiger partial charge in [0.2, 0.25) is 10.0 Å². The molecule has 1 heterocycles. The van der Waals surface area contributed by atoms with Gasteiger partial charge in [0.05, 0.1) is 21.6 Å². The Kier molecular flexibility index (Phi) is 9.03. The zero-order valence-electron chi connectivity index (χ0n) is 19.6. The van der Waals surface area contributed by atoms with Crippen LogP contribution in [0.2, 0.25) is 0 Å². The quantitative estimate of drug-likeness (QED) is 0.173. The van der Waals surface area contributed by atoms with Crippen molar-refractivity contribution in [2.45, 2.75) is 48.3 Å². The summed E-state index contributed by atoms with van der Waals surface area (Å²) in [5, 5.41) is 9.24. The Hall–Kier alpha value is -2.61. The highest BCUT2D eigenvalue weighted by Gasteiger charge is 2.35. The maximum Gasteiger partial charge on any atom is 0.416 e. The van der Waals surface area contributed by atoms with Crippen LogP contribution in [0.4, 0.5) is 13.2 Å². The topological polar surface area (TPSA) is 108 Å². The summed E-state index contributed by atoms with van der Waals surface area (Å²) in [6.07, 6.45) is 0.623. The van der Waals surface area contributed by atoms with Crippen LogP contribution in [0, 0.1) is 6.92 Å². The molecule has 3 rings (SSSR count). The monoisotopic (exact) mass is 545 g/mol. The van der Waals surface area contributed by atoms with Crippen molar-refractivity contribution < 1.29 is 36.3 Å². The number of allylic oxidation sites excluding steroid dienone is 5. The van der Waals surface area contributed by atoms with Gasteiger partial charge >= 0.3 is 6.18 Å². The molecule has 1 saturated heterocycles. The van der Waals surface area contributed by atoms with E-state index >= 15 is 0 Å². The van der Waals surface area contributed by atoms with Gasteiger partial charge in [-0.2, -0.15) is 17.5 Å². The first-order valence-electron chi connectivity index (χ1n) is 10.9. The Labute approximate surface area is 211 Å². The van der Waals surface area contributed by atoms with Gasteiger partial charge in [-0.05, 0) is 49.6 Å². The van der Waals surface area contributed by atoms with E-state index in [-0.39, 0.29) is 36.1 Å². The number of amides is 1. The van der Waals surface area contributed by atoms with Gasteiger partial charge in [0.1, 0.15) is 11.9 Å². The highest BCUT2D eigenvalue weighted by molar-refractivity contribution is 8.12. The van der Waals surface area contributed by atoms with Crippen molar-refractivity contribution >= 4 is 33.2 Å². The zero-order valence-corrected chi connectivity index (χ0v) is 21.2. The van der Waals surface area contributed by atoms with Crippen molar-refractivity contribution in [3.63, 3.8) is 0 Å². The van der Waals surface area contributed by atoms with Crippen LogP contribution >= 0.6 is 11.8 Å². The molecule has 0 saturated carbocycles. The number of carbonyl (C=O) groups is 1. The summed E-state index contributed by atoms with van der Waals surface area (Å²) < 4.78 is 72.9. The number of aryl methyl sites for hydroxylation is 1. The van der Waals surface area contributed by atoms with Crippen molar-refractivity contribution in [3.8, 4) is 0 Å². The van der Waals surface area contributed by atoms with E-state index in [1.807, 2.05) is 0 Å². The Morgan fingerprint density at radius 1 is 1.28 bits per heavy atom. The van der Waals surface area contributed by atoms with Crippen LogP contribution in [0.5, 0.6) is 0 Å². The van der Waals surface area contributed by atoms with Gasteiger partial charge in [0, 0.05) is 31.5 Å². The lowest BCUT2D eigenvalue weighted by Crippen LogP contribution is -2.41. The van der Waals surface area contributed by atoms with Gasteiger partial charge in [-0.15, -0.1) is 0 Å². The molecular weight excluding hydrogens is 519 g/mol. The molecule has 0 radical (unpaired) electrons. The van der Waals surface area contributed by atoms with Crippen molar-refractivity contribution in [2.24, 2.45) is 4.99 Å². The molecule has 0 unspecified atom stereocenters. The van der Waals surface area contributed by atoms with E-state index in [0.29, 0.717) is 29.1 Å². The van der Waals surface area contributed by atoms with Crippen LogP contribution in [-0.4, -0.2) is 61.8 Å². The van der Waals surface area contributed by atoms with E-state index in [0.717, 1.165) is 23.9 Å². The molecule has 2 aliphatic rings. The fraction of sp³-hybridized carbons (Fsp3) is 0.391. The molecule has 1 fully saturated rings. The van der Waals surface area contributed by atoms with Crippen molar-refractivity contribution in [1.82, 2.24) is 9.79 Å². The molecule has 8 nitrogen and oxygen atoms in total. The lowest BCUT2D eigenvalue weighted by atomic mass is 10.1. The molecule has 1 aromatic carbocycles. The standard InChI is InChI=1S/C23H26F3N3O5S2/c1-15-12-19(35-14-27-2)21(22(30)28-31)20(13-15)36(32,33)29-10-8-18(9-11-29)34-17-5-3-4-16(6-7-17)23(24,25)26/h3-4,6-7,12-14,18,31H,5,8-11H2,1-2H3,(H,28,30). The predicted molar refractivity (Wildman–Crippen MR) is 130 cm³/mol. The van der Waals surface area contributed by atoms with E-state index < -0.39 is 27.7 Å². The molecular formula is C23H26F3N3O5S2. The zero-order chi connectivity index (χ0) is 26.5. The Bertz CT molecular complexity index is 1220. The number of hydrogen-bond donors (Lipinski definition) is 2. The minimum absolute atomic E-state index is 0.0901. The fourth-order valence-electron chi connectivity index (χ4n) is 3.83. The third-order valence-electron chi connectivity index (χ3n) is 5.55. The Balaban J connectivity index is 1.78. The highest BCUT2D eigenvalue weighted by atomic mass is 32.2. The Morgan fingerprint density at radius 2 is 1.97 bits per heavy atom. The number of aliphatic imine (C=N–C) groups is 1. The highest BCUT2D eigenvalue weighted by Crippen LogP contribution is 2.33. The maximum atomic E-state index is 13.5. The first-order chi connectivity index (χ1) is 17.0. The average Bonchev–Trinajstić information content (AvgIpc) is 3.08. The largest absolute Gasteiger partial charge is 0.494 e. The van der Waals surface area contributed by atoms with Crippen molar-refractivity contribution in [3.05, 3.63) is 58.9 Å². The second-order valence-electron chi connectivity index (χ2n) is 8.14. The number of sulfonamides is 1. The van der Waals surface area contributed by atoms with Crippen LogP contribution < -0.4 is 5.48 Å². The number of carbonyl (C=O) groups excluding carboxylic acids is 1. The summed E-state index contributed by atoms with van der Waals surface area (Å²) in [6.45, 7) is 1.87. The first-order valence-corrected chi connectivity index (χ1v) is 13.3. The molecule has 196 valence electrons. The minimum Gasteiger partial charge on any atom is -0.494 e. The second-order valence-corrected chi connectivity index (χ2v) is 10.9. The molecule has 0 bridgehead atoms. The molecule has 0 atom stereocenters. The minimum atomic E-state index is -4.45. The van der Waals surface area contributed by atoms with Crippen LogP contribution in [0.15, 0.2) is 62.6 Å². The fourth-order valence-corrected chi connectivity index (χ4v) is 6.46. The number of hydroxylamine groups is 1. The van der Waals surface area contributed by atoms with Gasteiger partial charge in [-0.1, -0.05) is 23.9 Å². The number of rotatable bonds is 7. The van der Waals surface area contributed by atoms with Crippen molar-refractivity contribution in [1.29, 1.82) is 0 Å². The summed E-state index contributed by atoms with van der Waals surface area (Å²) >= 11 is 1.05.